The molecule has 6 heteroatoms. The highest BCUT2D eigenvalue weighted by atomic mass is 32.2. The molecule has 0 amide bonds. The number of rotatable bonds is 4. The molecule has 1 aromatic heterocycles. The van der Waals surface area contributed by atoms with Crippen molar-refractivity contribution in [2.24, 2.45) is 0 Å². The lowest BCUT2D eigenvalue weighted by Gasteiger charge is -2.19. The molecule has 0 saturated heterocycles. The van der Waals surface area contributed by atoms with E-state index in [1.54, 1.807) is 4.57 Å². The maximum atomic E-state index is 12.4. The van der Waals surface area contributed by atoms with E-state index in [1.807, 2.05) is 35.7 Å². The third-order valence-electron chi connectivity index (χ3n) is 3.49. The quantitative estimate of drug-likeness (QED) is 0.638. The van der Waals surface area contributed by atoms with Crippen LogP contribution in [0.1, 0.15) is 12.5 Å². The van der Waals surface area contributed by atoms with Gasteiger partial charge >= 0.3 is 11.7 Å². The summed E-state index contributed by atoms with van der Waals surface area (Å²) in [5.74, 6) is -0.353. The number of hydrogen-bond acceptors (Lipinski definition) is 5. The van der Waals surface area contributed by atoms with E-state index in [2.05, 4.69) is 11.1 Å². The third-order valence-corrected chi connectivity index (χ3v) is 4.51. The number of fused-ring (bicyclic) bond motifs is 1. The van der Waals surface area contributed by atoms with Crippen LogP contribution in [0.5, 0.6) is 0 Å². The van der Waals surface area contributed by atoms with Gasteiger partial charge in [-0.2, -0.15) is 4.98 Å². The van der Waals surface area contributed by atoms with Gasteiger partial charge in [0.2, 0.25) is 0 Å². The van der Waals surface area contributed by atoms with Crippen molar-refractivity contribution in [2.45, 2.75) is 24.9 Å². The SMILES string of the molecule is CC(=O)OCCn1c2c(c(-c3ccccc3)nc1=O)CC=CS2. The summed E-state index contributed by atoms with van der Waals surface area (Å²) >= 11 is 1.50. The molecule has 2 heterocycles. The van der Waals surface area contributed by atoms with Crippen molar-refractivity contribution >= 4 is 17.7 Å². The number of carbonyl (C=O) groups excluding carboxylic acids is 1. The third kappa shape index (κ3) is 3.37. The normalized spacial score (nSPS) is 12.7. The number of esters is 1. The molecule has 0 radical (unpaired) electrons. The molecule has 2 aromatic rings. The molecule has 0 saturated carbocycles. The van der Waals surface area contributed by atoms with Crippen molar-refractivity contribution < 1.29 is 9.53 Å². The summed E-state index contributed by atoms with van der Waals surface area (Å²) in [5, 5.41) is 2.84. The Morgan fingerprint density at radius 2 is 2.13 bits per heavy atom. The lowest BCUT2D eigenvalue weighted by atomic mass is 10.0. The Bertz CT molecular complexity index is 813. The van der Waals surface area contributed by atoms with Gasteiger partial charge in [0.1, 0.15) is 6.61 Å². The number of allylic oxidation sites excluding steroid dienone is 1. The molecule has 0 atom stereocenters. The van der Waals surface area contributed by atoms with E-state index >= 15 is 0 Å². The molecular formula is C17H16N2O3S. The van der Waals surface area contributed by atoms with Crippen LogP contribution in [0.3, 0.4) is 0 Å². The van der Waals surface area contributed by atoms with Gasteiger partial charge in [-0.1, -0.05) is 48.2 Å². The van der Waals surface area contributed by atoms with Crippen molar-refractivity contribution in [1.29, 1.82) is 0 Å². The van der Waals surface area contributed by atoms with Crippen molar-refractivity contribution in [3.8, 4) is 11.3 Å². The first-order valence-corrected chi connectivity index (χ1v) is 8.19. The zero-order valence-corrected chi connectivity index (χ0v) is 13.5. The fourth-order valence-corrected chi connectivity index (χ4v) is 3.42. The molecule has 1 aliphatic heterocycles. The van der Waals surface area contributed by atoms with E-state index in [0.717, 1.165) is 28.3 Å². The van der Waals surface area contributed by atoms with Crippen molar-refractivity contribution in [2.75, 3.05) is 6.61 Å². The minimum absolute atomic E-state index is 0.165. The lowest BCUT2D eigenvalue weighted by molar-refractivity contribution is -0.141. The number of hydrogen-bond donors (Lipinski definition) is 0. The van der Waals surface area contributed by atoms with Crippen LogP contribution in [0, 0.1) is 0 Å². The van der Waals surface area contributed by atoms with Gasteiger partial charge in [0.25, 0.3) is 0 Å². The van der Waals surface area contributed by atoms with Crippen molar-refractivity contribution in [3.63, 3.8) is 0 Å². The van der Waals surface area contributed by atoms with Gasteiger partial charge in [-0.3, -0.25) is 9.36 Å². The van der Waals surface area contributed by atoms with Gasteiger partial charge in [0.15, 0.2) is 0 Å². The van der Waals surface area contributed by atoms with E-state index in [9.17, 15) is 9.59 Å². The predicted molar refractivity (Wildman–Crippen MR) is 89.3 cm³/mol. The molecule has 1 aliphatic rings. The number of thioether (sulfide) groups is 1. The van der Waals surface area contributed by atoms with E-state index in [-0.39, 0.29) is 18.3 Å². The molecule has 0 spiro atoms. The van der Waals surface area contributed by atoms with Crippen LogP contribution in [-0.4, -0.2) is 22.1 Å². The second kappa shape index (κ2) is 6.83. The Morgan fingerprint density at radius 1 is 1.35 bits per heavy atom. The largest absolute Gasteiger partial charge is 0.464 e. The zero-order valence-electron chi connectivity index (χ0n) is 12.7. The van der Waals surface area contributed by atoms with Crippen LogP contribution in [0.25, 0.3) is 11.3 Å². The second-order valence-electron chi connectivity index (χ2n) is 5.08. The summed E-state index contributed by atoms with van der Waals surface area (Å²) in [5.41, 5.74) is 2.37. The molecule has 5 nitrogen and oxygen atoms in total. The van der Waals surface area contributed by atoms with Crippen LogP contribution in [0.2, 0.25) is 0 Å². The summed E-state index contributed by atoms with van der Waals surface area (Å²) in [6.07, 6.45) is 2.79. The molecule has 23 heavy (non-hydrogen) atoms. The van der Waals surface area contributed by atoms with Gasteiger partial charge in [0.05, 0.1) is 17.3 Å². The van der Waals surface area contributed by atoms with Crippen molar-refractivity contribution in [3.05, 3.63) is 57.9 Å². The first-order valence-electron chi connectivity index (χ1n) is 7.31. The maximum absolute atomic E-state index is 12.4. The molecule has 3 rings (SSSR count). The molecule has 0 bridgehead atoms. The van der Waals surface area contributed by atoms with Gasteiger partial charge in [-0.15, -0.1) is 0 Å². The summed E-state index contributed by atoms with van der Waals surface area (Å²) in [6.45, 7) is 1.83. The highest BCUT2D eigenvalue weighted by molar-refractivity contribution is 8.02. The highest BCUT2D eigenvalue weighted by Crippen LogP contribution is 2.33. The molecular weight excluding hydrogens is 312 g/mol. The lowest BCUT2D eigenvalue weighted by Crippen LogP contribution is -2.29. The fourth-order valence-electron chi connectivity index (χ4n) is 2.48. The Labute approximate surface area is 138 Å². The van der Waals surface area contributed by atoms with E-state index < -0.39 is 0 Å². The smallest absolute Gasteiger partial charge is 0.349 e. The molecule has 1 aromatic carbocycles. The first-order chi connectivity index (χ1) is 11.2. The first kappa shape index (κ1) is 15.6. The second-order valence-corrected chi connectivity index (χ2v) is 5.97. The molecule has 0 aliphatic carbocycles. The Morgan fingerprint density at radius 3 is 2.87 bits per heavy atom. The number of carbonyl (C=O) groups is 1. The summed E-state index contributed by atoms with van der Waals surface area (Å²) in [7, 11) is 0. The number of ether oxygens (including phenoxy) is 1. The minimum atomic E-state index is -0.353. The predicted octanol–water partition coefficient (Wildman–Crippen LogP) is 2.64. The van der Waals surface area contributed by atoms with Gasteiger partial charge in [-0.25, -0.2) is 4.79 Å². The van der Waals surface area contributed by atoms with Crippen LogP contribution >= 0.6 is 11.8 Å². The van der Waals surface area contributed by atoms with Gasteiger partial charge in [-0.05, 0) is 11.8 Å². The van der Waals surface area contributed by atoms with E-state index in [0.29, 0.717) is 6.54 Å². The number of benzene rings is 1. The van der Waals surface area contributed by atoms with Crippen LogP contribution < -0.4 is 5.69 Å². The van der Waals surface area contributed by atoms with Crippen molar-refractivity contribution in [1.82, 2.24) is 9.55 Å². The van der Waals surface area contributed by atoms with Crippen LogP contribution in [0.4, 0.5) is 0 Å². The number of nitrogens with zero attached hydrogens (tertiary/aromatic N) is 2. The van der Waals surface area contributed by atoms with Crippen LogP contribution in [0.15, 0.2) is 51.6 Å². The average Bonchev–Trinajstić information content (AvgIpc) is 2.57. The minimum Gasteiger partial charge on any atom is -0.464 e. The van der Waals surface area contributed by atoms with Gasteiger partial charge < -0.3 is 4.74 Å². The standard InChI is InChI=1S/C17H16N2O3S/c1-12(20)22-10-9-19-16-14(8-5-11-23-16)15(18-17(19)21)13-6-3-2-4-7-13/h2-7,11H,8-10H2,1H3. The monoisotopic (exact) mass is 328 g/mol. The Balaban J connectivity index is 2.04. The summed E-state index contributed by atoms with van der Waals surface area (Å²) < 4.78 is 6.54. The Kier molecular flexibility index (Phi) is 4.62. The molecule has 0 N–H and O–H groups in total. The zero-order chi connectivity index (χ0) is 16.2. The average molecular weight is 328 g/mol. The summed E-state index contributed by atoms with van der Waals surface area (Å²) in [6, 6.07) is 9.70. The fraction of sp³-hybridized carbons (Fsp3) is 0.235. The Hall–Kier alpha value is -2.34. The molecule has 0 fully saturated rings. The highest BCUT2D eigenvalue weighted by Gasteiger charge is 2.19. The maximum Gasteiger partial charge on any atom is 0.349 e. The van der Waals surface area contributed by atoms with E-state index in [1.165, 1.54) is 18.7 Å². The molecule has 118 valence electrons. The van der Waals surface area contributed by atoms with Gasteiger partial charge in [0, 0.05) is 18.1 Å². The topological polar surface area (TPSA) is 61.2 Å². The number of aromatic nitrogens is 2. The van der Waals surface area contributed by atoms with E-state index in [4.69, 9.17) is 4.74 Å². The summed E-state index contributed by atoms with van der Waals surface area (Å²) in [4.78, 5) is 27.6. The molecule has 0 unspecified atom stereocenters. The van der Waals surface area contributed by atoms with Crippen LogP contribution in [-0.2, 0) is 22.5 Å².